The van der Waals surface area contributed by atoms with E-state index in [1.54, 1.807) is 0 Å². The summed E-state index contributed by atoms with van der Waals surface area (Å²) in [5.41, 5.74) is 0. The summed E-state index contributed by atoms with van der Waals surface area (Å²) in [6, 6.07) is -0.315. The Morgan fingerprint density at radius 3 is 3.33 bits per heavy atom. The minimum atomic E-state index is -0.315. The van der Waals surface area contributed by atoms with Gasteiger partial charge in [0.2, 0.25) is 0 Å². The Labute approximate surface area is 97.1 Å². The van der Waals surface area contributed by atoms with Crippen LogP contribution in [0.1, 0.15) is 6.92 Å². The van der Waals surface area contributed by atoms with Gasteiger partial charge in [0.05, 0.1) is 6.61 Å². The number of hydrogen-bond acceptors (Lipinski definition) is 4. The molecule has 1 N–H and O–H groups in total. The maximum atomic E-state index is 11.7. The molecule has 0 unspecified atom stereocenters. The summed E-state index contributed by atoms with van der Waals surface area (Å²) in [5, 5.41) is 3.22. The molecule has 1 saturated heterocycles. The van der Waals surface area contributed by atoms with Crippen molar-refractivity contribution in [1.29, 1.82) is 0 Å². The van der Waals surface area contributed by atoms with Gasteiger partial charge in [-0.3, -0.25) is 0 Å². The highest BCUT2D eigenvalue weighted by molar-refractivity contribution is 9.09. The number of ether oxygens (including phenoxy) is 1. The molecule has 0 aromatic carbocycles. The molecule has 2 rings (SSSR count). The van der Waals surface area contributed by atoms with E-state index in [0.717, 1.165) is 12.4 Å². The van der Waals surface area contributed by atoms with Crippen LogP contribution in [-0.2, 0) is 9.53 Å². The molecule has 1 fully saturated rings. The third-order valence-electron chi connectivity index (χ3n) is 2.41. The maximum absolute atomic E-state index is 11.7. The van der Waals surface area contributed by atoms with Crippen molar-refractivity contribution in [2.45, 2.75) is 17.9 Å². The smallest absolute Gasteiger partial charge is 0.332 e. The van der Waals surface area contributed by atoms with Gasteiger partial charge in [-0.05, 0) is 13.0 Å². The van der Waals surface area contributed by atoms with Crippen molar-refractivity contribution in [3.05, 3.63) is 24.0 Å². The van der Waals surface area contributed by atoms with Gasteiger partial charge >= 0.3 is 5.97 Å². The SMILES string of the molecule is CCOC(=O)[C@H]1C=CC=C2NC[C@H](Br)N21. The number of alkyl halides is 1. The molecule has 82 valence electrons. The molecule has 4 nitrogen and oxygen atoms in total. The average molecular weight is 273 g/mol. The number of allylic oxidation sites excluding steroid dienone is 2. The van der Waals surface area contributed by atoms with Crippen LogP contribution in [0.15, 0.2) is 24.0 Å². The van der Waals surface area contributed by atoms with Crippen molar-refractivity contribution >= 4 is 21.9 Å². The Morgan fingerprint density at radius 1 is 1.80 bits per heavy atom. The van der Waals surface area contributed by atoms with Gasteiger partial charge in [-0.1, -0.05) is 28.1 Å². The minimum Gasteiger partial charge on any atom is -0.464 e. The molecule has 2 aliphatic heterocycles. The number of nitrogens with zero attached hydrogens (tertiary/aromatic N) is 1. The number of fused-ring (bicyclic) bond motifs is 1. The van der Waals surface area contributed by atoms with Crippen LogP contribution in [0.5, 0.6) is 0 Å². The van der Waals surface area contributed by atoms with E-state index in [9.17, 15) is 4.79 Å². The lowest BCUT2D eigenvalue weighted by atomic mass is 10.2. The lowest BCUT2D eigenvalue weighted by molar-refractivity contribution is -0.146. The van der Waals surface area contributed by atoms with E-state index in [-0.39, 0.29) is 17.0 Å². The second-order valence-electron chi connectivity index (χ2n) is 3.36. The van der Waals surface area contributed by atoms with Crippen molar-refractivity contribution in [3.63, 3.8) is 0 Å². The topological polar surface area (TPSA) is 41.6 Å². The van der Waals surface area contributed by atoms with Gasteiger partial charge in [0.1, 0.15) is 16.8 Å². The summed E-state index contributed by atoms with van der Waals surface area (Å²) in [4.78, 5) is 13.8. The number of carbonyl (C=O) groups is 1. The highest BCUT2D eigenvalue weighted by Gasteiger charge is 2.36. The normalized spacial score (nSPS) is 28.1. The van der Waals surface area contributed by atoms with Crippen LogP contribution in [0.3, 0.4) is 0 Å². The molecule has 0 saturated carbocycles. The molecule has 2 atom stereocenters. The van der Waals surface area contributed by atoms with Gasteiger partial charge in [0.15, 0.2) is 0 Å². The molecular formula is C10H13BrN2O2. The Balaban J connectivity index is 2.16. The fourth-order valence-electron chi connectivity index (χ4n) is 1.76. The van der Waals surface area contributed by atoms with Crippen LogP contribution in [0, 0.1) is 0 Å². The van der Waals surface area contributed by atoms with Crippen LogP contribution in [0.25, 0.3) is 0 Å². The van der Waals surface area contributed by atoms with Gasteiger partial charge in [-0.15, -0.1) is 0 Å². The van der Waals surface area contributed by atoms with E-state index in [4.69, 9.17) is 4.74 Å². The molecule has 0 radical (unpaired) electrons. The molecular weight excluding hydrogens is 260 g/mol. The Kier molecular flexibility index (Phi) is 3.00. The monoisotopic (exact) mass is 272 g/mol. The van der Waals surface area contributed by atoms with Crippen molar-refractivity contribution in [2.24, 2.45) is 0 Å². The van der Waals surface area contributed by atoms with Crippen LogP contribution >= 0.6 is 15.9 Å². The largest absolute Gasteiger partial charge is 0.464 e. The van der Waals surface area contributed by atoms with Crippen molar-refractivity contribution < 1.29 is 9.53 Å². The molecule has 0 spiro atoms. The second-order valence-corrected chi connectivity index (χ2v) is 4.41. The number of nitrogens with one attached hydrogen (secondary N) is 1. The first-order valence-corrected chi connectivity index (χ1v) is 5.87. The molecule has 0 aromatic heterocycles. The zero-order valence-corrected chi connectivity index (χ0v) is 10.0. The summed E-state index contributed by atoms with van der Waals surface area (Å²) in [6.45, 7) is 3.02. The van der Waals surface area contributed by atoms with Gasteiger partial charge in [-0.25, -0.2) is 4.79 Å². The van der Waals surface area contributed by atoms with Crippen molar-refractivity contribution in [3.8, 4) is 0 Å². The van der Waals surface area contributed by atoms with Gasteiger partial charge < -0.3 is 15.0 Å². The predicted molar refractivity (Wildman–Crippen MR) is 60.2 cm³/mol. The zero-order chi connectivity index (χ0) is 10.8. The summed E-state index contributed by atoms with van der Waals surface area (Å²) in [5.74, 6) is 0.768. The van der Waals surface area contributed by atoms with E-state index in [1.807, 2.05) is 30.1 Å². The molecule has 0 aromatic rings. The Morgan fingerprint density at radius 2 is 2.60 bits per heavy atom. The summed E-state index contributed by atoms with van der Waals surface area (Å²) in [6.07, 6.45) is 5.69. The standard InChI is InChI=1S/C10H13BrN2O2/c1-2-15-10(14)7-4-3-5-9-12-6-8(11)13(7)9/h3-5,7-8,12H,2,6H2,1H3/t7-,8-/m1/s1. The van der Waals surface area contributed by atoms with Crippen LogP contribution < -0.4 is 5.32 Å². The second kappa shape index (κ2) is 4.26. The fraction of sp³-hybridized carbons (Fsp3) is 0.500. The predicted octanol–water partition coefficient (Wildman–Crippen LogP) is 0.956. The number of carbonyl (C=O) groups excluding carboxylic acids is 1. The number of halogens is 1. The highest BCUT2D eigenvalue weighted by atomic mass is 79.9. The van der Waals surface area contributed by atoms with Crippen LogP contribution in [0.4, 0.5) is 0 Å². The third-order valence-corrected chi connectivity index (χ3v) is 3.17. The molecule has 0 amide bonds. The Bertz CT molecular complexity index is 327. The third kappa shape index (κ3) is 1.88. The van der Waals surface area contributed by atoms with Gasteiger partial charge in [0.25, 0.3) is 0 Å². The van der Waals surface area contributed by atoms with Gasteiger partial charge in [-0.2, -0.15) is 0 Å². The quantitative estimate of drug-likeness (QED) is 0.462. The summed E-state index contributed by atoms with van der Waals surface area (Å²) in [7, 11) is 0. The Hall–Kier alpha value is -0.970. The van der Waals surface area contributed by atoms with E-state index < -0.39 is 0 Å². The molecule has 0 aliphatic carbocycles. The number of esters is 1. The minimum absolute atomic E-state index is 0.142. The first-order valence-electron chi connectivity index (χ1n) is 4.95. The first kappa shape index (κ1) is 10.5. The van der Waals surface area contributed by atoms with Crippen LogP contribution in [0.2, 0.25) is 0 Å². The lowest BCUT2D eigenvalue weighted by Gasteiger charge is -2.30. The molecule has 2 heterocycles. The molecule has 0 bridgehead atoms. The summed E-state index contributed by atoms with van der Waals surface area (Å²) >= 11 is 3.52. The van der Waals surface area contributed by atoms with E-state index >= 15 is 0 Å². The average Bonchev–Trinajstić information content (AvgIpc) is 2.61. The maximum Gasteiger partial charge on any atom is 0.332 e. The van der Waals surface area contributed by atoms with E-state index in [0.29, 0.717) is 6.61 Å². The number of hydrogen-bond donors (Lipinski definition) is 1. The van der Waals surface area contributed by atoms with E-state index in [2.05, 4.69) is 21.2 Å². The van der Waals surface area contributed by atoms with Crippen molar-refractivity contribution in [1.82, 2.24) is 10.2 Å². The molecule has 15 heavy (non-hydrogen) atoms. The van der Waals surface area contributed by atoms with Crippen molar-refractivity contribution in [2.75, 3.05) is 13.2 Å². The molecule has 5 heteroatoms. The van der Waals surface area contributed by atoms with E-state index in [1.165, 1.54) is 0 Å². The number of rotatable bonds is 2. The lowest BCUT2D eigenvalue weighted by Crippen LogP contribution is -2.42. The van der Waals surface area contributed by atoms with Crippen LogP contribution in [-0.4, -0.2) is 35.0 Å². The highest BCUT2D eigenvalue weighted by Crippen LogP contribution is 2.26. The first-order chi connectivity index (χ1) is 7.24. The molecule has 2 aliphatic rings. The zero-order valence-electron chi connectivity index (χ0n) is 8.44. The summed E-state index contributed by atoms with van der Waals surface area (Å²) < 4.78 is 5.03. The van der Waals surface area contributed by atoms with Gasteiger partial charge in [0, 0.05) is 6.54 Å². The fourth-order valence-corrected chi connectivity index (χ4v) is 2.40.